The Labute approximate surface area is 190 Å². The van der Waals surface area contributed by atoms with Gasteiger partial charge < -0.3 is 41.3 Å². The van der Waals surface area contributed by atoms with E-state index in [1.54, 1.807) is 0 Å². The average molecular weight is 468 g/mol. The molecule has 0 spiro atoms. The number of hydrogen-bond donors (Lipinski definition) is 8. The van der Waals surface area contributed by atoms with Gasteiger partial charge in [-0.3, -0.25) is 9.59 Å². The fourth-order valence-electron chi connectivity index (χ4n) is 2.92. The van der Waals surface area contributed by atoms with Crippen LogP contribution in [0.15, 0.2) is 48.5 Å². The summed E-state index contributed by atoms with van der Waals surface area (Å²) >= 11 is 0. The summed E-state index contributed by atoms with van der Waals surface area (Å²) in [5.74, 6) is -7.20. The highest BCUT2D eigenvalue weighted by Crippen LogP contribution is 2.30. The number of phenolic OH excluding ortho intramolecular Hbond substituents is 2. The first-order valence-electron chi connectivity index (χ1n) is 9.29. The van der Waals surface area contributed by atoms with Crippen molar-refractivity contribution in [2.45, 2.75) is 0 Å². The van der Waals surface area contributed by atoms with Gasteiger partial charge in [0.05, 0.1) is 11.1 Å². The largest absolute Gasteiger partial charge is 0.507 e. The maximum Gasteiger partial charge on any atom is 0.339 e. The number of hydrogen-bond acceptors (Lipinski definition) is 8. The summed E-state index contributed by atoms with van der Waals surface area (Å²) in [5, 5.41) is 62.3. The van der Waals surface area contributed by atoms with Crippen molar-refractivity contribution >= 4 is 35.1 Å². The number of nitrogens with one attached hydrogen (secondary N) is 2. The van der Waals surface area contributed by atoms with Crippen LogP contribution in [0.4, 0.5) is 11.4 Å². The Morgan fingerprint density at radius 1 is 0.500 bits per heavy atom. The molecule has 2 amide bonds. The zero-order chi connectivity index (χ0) is 25.2. The van der Waals surface area contributed by atoms with Crippen molar-refractivity contribution in [1.82, 2.24) is 0 Å². The summed E-state index contributed by atoms with van der Waals surface area (Å²) in [6.45, 7) is 0. The molecule has 0 saturated heterocycles. The average Bonchev–Trinajstić information content (AvgIpc) is 2.74. The molecular formula is C22H16N2O10. The number of benzene rings is 3. The fraction of sp³-hybridized carbons (Fsp3) is 0. The molecule has 0 fully saturated rings. The molecule has 0 aliphatic heterocycles. The normalized spacial score (nSPS) is 10.4. The molecule has 0 bridgehead atoms. The number of carbonyl (C=O) groups is 4. The van der Waals surface area contributed by atoms with Gasteiger partial charge in [-0.1, -0.05) is 0 Å². The minimum Gasteiger partial charge on any atom is -0.507 e. The minimum atomic E-state index is -1.38. The lowest BCUT2D eigenvalue weighted by Gasteiger charge is -2.12. The Balaban J connectivity index is 1.80. The lowest BCUT2D eigenvalue weighted by molar-refractivity contribution is 0.0682. The quantitative estimate of drug-likeness (QED) is 0.247. The highest BCUT2D eigenvalue weighted by Gasteiger charge is 2.21. The molecular weight excluding hydrogens is 452 g/mol. The molecule has 0 heterocycles. The van der Waals surface area contributed by atoms with E-state index in [0.29, 0.717) is 0 Å². The third kappa shape index (κ3) is 4.80. The summed E-state index contributed by atoms with van der Waals surface area (Å²) in [6, 6.07) is 8.09. The van der Waals surface area contributed by atoms with E-state index >= 15 is 0 Å². The summed E-state index contributed by atoms with van der Waals surface area (Å²) in [5.41, 5.74) is -1.64. The van der Waals surface area contributed by atoms with E-state index < -0.39 is 57.9 Å². The van der Waals surface area contributed by atoms with E-state index in [1.807, 2.05) is 0 Å². The number of aromatic carboxylic acids is 2. The Morgan fingerprint density at radius 3 is 1.12 bits per heavy atom. The first kappa shape index (κ1) is 23.4. The standard InChI is InChI=1S/C22H16N2O10/c25-15-5-9(1-3-11(15)21(31)32)23-19(29)13-7-18(28)14(8-17(13)27)20(30)24-10-2-4-12(22(33)34)16(26)6-10/h1-8,25-28H,(H,23,29)(H,24,30)(H,31,32)(H,33,34). The van der Waals surface area contributed by atoms with Crippen LogP contribution in [-0.4, -0.2) is 54.4 Å². The number of carbonyl (C=O) groups excluding carboxylic acids is 2. The maximum absolute atomic E-state index is 12.5. The monoisotopic (exact) mass is 468 g/mol. The van der Waals surface area contributed by atoms with E-state index in [2.05, 4.69) is 10.6 Å². The predicted octanol–water partition coefficient (Wildman–Crippen LogP) is 2.41. The van der Waals surface area contributed by atoms with Crippen LogP contribution in [0.3, 0.4) is 0 Å². The Kier molecular flexibility index (Phi) is 6.25. The molecule has 12 nitrogen and oxygen atoms in total. The van der Waals surface area contributed by atoms with Crippen molar-refractivity contribution < 1.29 is 49.8 Å². The summed E-state index contributed by atoms with van der Waals surface area (Å²) in [7, 11) is 0. The molecule has 3 aromatic carbocycles. The lowest BCUT2D eigenvalue weighted by atomic mass is 10.1. The molecule has 0 aliphatic carbocycles. The molecule has 3 rings (SSSR count). The van der Waals surface area contributed by atoms with Crippen LogP contribution < -0.4 is 10.6 Å². The molecule has 0 radical (unpaired) electrons. The number of amides is 2. The second kappa shape index (κ2) is 9.08. The van der Waals surface area contributed by atoms with Crippen LogP contribution >= 0.6 is 0 Å². The van der Waals surface area contributed by atoms with Gasteiger partial charge in [-0.05, 0) is 36.4 Å². The third-order valence-electron chi connectivity index (χ3n) is 4.58. The summed E-state index contributed by atoms with van der Waals surface area (Å²) < 4.78 is 0. The van der Waals surface area contributed by atoms with Gasteiger partial charge in [0, 0.05) is 23.5 Å². The second-order valence-corrected chi connectivity index (χ2v) is 6.87. The Morgan fingerprint density at radius 2 is 0.824 bits per heavy atom. The van der Waals surface area contributed by atoms with Gasteiger partial charge in [0.2, 0.25) is 0 Å². The molecule has 12 heteroatoms. The fourth-order valence-corrected chi connectivity index (χ4v) is 2.92. The molecule has 174 valence electrons. The molecule has 0 unspecified atom stereocenters. The minimum absolute atomic E-state index is 0.00201. The molecule has 3 aromatic rings. The highest BCUT2D eigenvalue weighted by atomic mass is 16.4. The van der Waals surface area contributed by atoms with E-state index in [0.717, 1.165) is 36.4 Å². The van der Waals surface area contributed by atoms with Crippen LogP contribution in [-0.2, 0) is 0 Å². The van der Waals surface area contributed by atoms with E-state index in [-0.39, 0.29) is 22.5 Å². The van der Waals surface area contributed by atoms with Gasteiger partial charge in [-0.2, -0.15) is 0 Å². The SMILES string of the molecule is O=C(O)c1ccc(NC(=O)c2cc(O)c(C(=O)Nc3ccc(C(=O)O)c(O)c3)cc2O)cc1O. The predicted molar refractivity (Wildman–Crippen MR) is 116 cm³/mol. The number of carboxylic acids is 2. The second-order valence-electron chi connectivity index (χ2n) is 6.87. The van der Waals surface area contributed by atoms with Gasteiger partial charge in [-0.15, -0.1) is 0 Å². The van der Waals surface area contributed by atoms with Crippen molar-refractivity contribution in [3.63, 3.8) is 0 Å². The van der Waals surface area contributed by atoms with Crippen molar-refractivity contribution in [1.29, 1.82) is 0 Å². The number of carboxylic acid groups (broad SMARTS) is 2. The molecule has 8 N–H and O–H groups in total. The lowest BCUT2D eigenvalue weighted by Crippen LogP contribution is -2.15. The van der Waals surface area contributed by atoms with Crippen molar-refractivity contribution in [3.05, 3.63) is 70.8 Å². The van der Waals surface area contributed by atoms with Crippen LogP contribution in [0.1, 0.15) is 41.4 Å². The third-order valence-corrected chi connectivity index (χ3v) is 4.58. The number of phenols is 4. The number of rotatable bonds is 6. The topological polar surface area (TPSA) is 214 Å². The Bertz CT molecular complexity index is 1250. The number of aromatic hydroxyl groups is 4. The van der Waals surface area contributed by atoms with Crippen molar-refractivity contribution in [3.8, 4) is 23.0 Å². The molecule has 0 atom stereocenters. The van der Waals surface area contributed by atoms with E-state index in [1.165, 1.54) is 12.1 Å². The smallest absolute Gasteiger partial charge is 0.339 e. The van der Waals surface area contributed by atoms with Crippen LogP contribution in [0, 0.1) is 0 Å². The molecule has 0 aliphatic rings. The van der Waals surface area contributed by atoms with Crippen molar-refractivity contribution in [2.24, 2.45) is 0 Å². The highest BCUT2D eigenvalue weighted by molar-refractivity contribution is 6.10. The van der Waals surface area contributed by atoms with Gasteiger partial charge in [0.1, 0.15) is 34.1 Å². The Hall–Kier alpha value is -5.26. The molecule has 0 saturated carbocycles. The summed E-state index contributed by atoms with van der Waals surface area (Å²) in [6.07, 6.45) is 0. The van der Waals surface area contributed by atoms with Gasteiger partial charge in [0.25, 0.3) is 11.8 Å². The van der Waals surface area contributed by atoms with Crippen LogP contribution in [0.5, 0.6) is 23.0 Å². The van der Waals surface area contributed by atoms with E-state index in [9.17, 15) is 39.6 Å². The molecule has 0 aromatic heterocycles. The zero-order valence-electron chi connectivity index (χ0n) is 16.9. The van der Waals surface area contributed by atoms with Crippen molar-refractivity contribution in [2.75, 3.05) is 10.6 Å². The maximum atomic E-state index is 12.5. The van der Waals surface area contributed by atoms with Crippen LogP contribution in [0.25, 0.3) is 0 Å². The van der Waals surface area contributed by atoms with Gasteiger partial charge in [0.15, 0.2) is 0 Å². The summed E-state index contributed by atoms with van der Waals surface area (Å²) in [4.78, 5) is 46.8. The van der Waals surface area contributed by atoms with Crippen LogP contribution in [0.2, 0.25) is 0 Å². The first-order valence-corrected chi connectivity index (χ1v) is 9.29. The molecule has 34 heavy (non-hydrogen) atoms. The van der Waals surface area contributed by atoms with Gasteiger partial charge >= 0.3 is 11.9 Å². The van der Waals surface area contributed by atoms with E-state index in [4.69, 9.17) is 10.2 Å². The van der Waals surface area contributed by atoms with Gasteiger partial charge in [-0.25, -0.2) is 9.59 Å². The first-order chi connectivity index (χ1) is 16.0. The zero-order valence-corrected chi connectivity index (χ0v) is 16.9. The number of anilines is 2.